The normalized spacial score (nSPS) is 11.1. The van der Waals surface area contributed by atoms with Gasteiger partial charge in [-0.05, 0) is 51.4 Å². The van der Waals surface area contributed by atoms with E-state index in [4.69, 9.17) is 63.5 Å². The number of ether oxygens (including phenoxy) is 4. The van der Waals surface area contributed by atoms with Crippen molar-refractivity contribution in [2.45, 2.75) is 211 Å². The average Bonchev–Trinajstić information content (AvgIpc) is 3.16. The molecule has 0 rings (SSSR count). The molecule has 0 bridgehead atoms. The summed E-state index contributed by atoms with van der Waals surface area (Å²) in [6, 6.07) is 0. The summed E-state index contributed by atoms with van der Waals surface area (Å²) in [4.78, 5) is 62.1. The maximum Gasteiger partial charge on any atom is 0.469 e. The largest absolute Gasteiger partial charge is 0.469 e. The summed E-state index contributed by atoms with van der Waals surface area (Å²) in [5, 5.41) is 0. The Kier molecular flexibility index (Phi) is 47.9. The molecule has 2 N–H and O–H groups in total. The van der Waals surface area contributed by atoms with Crippen LogP contribution in [0.4, 0.5) is 0 Å². The molecular formula is C42H80Cl3O12P. The smallest absolute Gasteiger partial charge is 0.466 e. The predicted molar refractivity (Wildman–Crippen MR) is 234 cm³/mol. The summed E-state index contributed by atoms with van der Waals surface area (Å²) < 4.78 is 32.7. The van der Waals surface area contributed by atoms with Crippen molar-refractivity contribution in [2.24, 2.45) is 0 Å². The maximum absolute atomic E-state index is 11.6. The van der Waals surface area contributed by atoms with Gasteiger partial charge in [-0.3, -0.25) is 23.7 Å². The lowest BCUT2D eigenvalue weighted by atomic mass is 10.1. The van der Waals surface area contributed by atoms with Crippen molar-refractivity contribution < 1.29 is 57.0 Å². The minimum Gasteiger partial charge on any atom is -0.466 e. The van der Waals surface area contributed by atoms with Crippen LogP contribution in [-0.4, -0.2) is 70.5 Å². The van der Waals surface area contributed by atoms with Crippen LogP contribution in [0.5, 0.6) is 0 Å². The van der Waals surface area contributed by atoms with E-state index in [2.05, 4.69) is 32.2 Å². The van der Waals surface area contributed by atoms with Gasteiger partial charge in [0.1, 0.15) is 6.61 Å². The van der Waals surface area contributed by atoms with E-state index in [9.17, 15) is 23.7 Å². The van der Waals surface area contributed by atoms with Crippen molar-refractivity contribution in [3.05, 3.63) is 0 Å². The Morgan fingerprint density at radius 3 is 0.914 bits per heavy atom. The highest BCUT2D eigenvalue weighted by Crippen LogP contribution is 2.39. The van der Waals surface area contributed by atoms with Crippen LogP contribution in [0.25, 0.3) is 0 Å². The Morgan fingerprint density at radius 2 is 0.655 bits per heavy atom. The first-order valence-corrected chi connectivity index (χ1v) is 24.7. The fraction of sp³-hybridized carbons (Fsp3) is 0.905. The number of halogens is 3. The minimum absolute atomic E-state index is 0.0664. The number of hydrogen-bond donors (Lipinski definition) is 2. The lowest BCUT2D eigenvalue weighted by molar-refractivity contribution is -0.146. The number of unbranched alkanes of at least 4 members (excludes halogenated alkanes) is 18. The highest BCUT2D eigenvalue weighted by Gasteiger charge is 2.25. The molecule has 0 amide bonds. The molecule has 0 aliphatic carbocycles. The molecule has 0 aromatic rings. The number of alkyl halides is 3. The van der Waals surface area contributed by atoms with E-state index in [-0.39, 0.29) is 23.9 Å². The molecule has 0 aromatic heterocycles. The zero-order valence-corrected chi connectivity index (χ0v) is 39.6. The van der Waals surface area contributed by atoms with Gasteiger partial charge in [0.25, 0.3) is 0 Å². The summed E-state index contributed by atoms with van der Waals surface area (Å²) in [5.41, 5.74) is 0. The molecule has 0 aromatic carbocycles. The second-order valence-corrected chi connectivity index (χ2v) is 18.1. The molecule has 0 heterocycles. The van der Waals surface area contributed by atoms with Crippen molar-refractivity contribution in [1.82, 2.24) is 0 Å². The highest BCUT2D eigenvalue weighted by molar-refractivity contribution is 7.46. The zero-order valence-electron chi connectivity index (χ0n) is 36.4. The SMILES string of the molecule is CCCCCCCCOC(=O)CCCCC(=O)OCCCCCCCC.CCCCOC(=O)CCCCCCCCC(=O)OCCCC.O=P(O)(O)OCC(Cl)(Cl)Cl. The first kappa shape index (κ1) is 61.2. The molecule has 0 aliphatic heterocycles. The molecule has 0 atom stereocenters. The third-order valence-corrected chi connectivity index (χ3v) is 9.26. The van der Waals surface area contributed by atoms with Gasteiger partial charge >= 0.3 is 31.7 Å². The van der Waals surface area contributed by atoms with Gasteiger partial charge in [-0.1, -0.05) is 165 Å². The lowest BCUT2D eigenvalue weighted by Gasteiger charge is -2.10. The average molecular weight is 914 g/mol. The first-order chi connectivity index (χ1) is 27.6. The van der Waals surface area contributed by atoms with Crippen LogP contribution in [-0.2, 0) is 47.2 Å². The Bertz CT molecular complexity index is 949. The van der Waals surface area contributed by atoms with Crippen molar-refractivity contribution in [3.63, 3.8) is 0 Å². The second-order valence-electron chi connectivity index (χ2n) is 14.3. The molecule has 12 nitrogen and oxygen atoms in total. The van der Waals surface area contributed by atoms with Gasteiger partial charge in [0.05, 0.1) is 26.4 Å². The van der Waals surface area contributed by atoms with Crippen molar-refractivity contribution in [2.75, 3.05) is 33.0 Å². The topological polar surface area (TPSA) is 172 Å². The molecule has 0 saturated carbocycles. The van der Waals surface area contributed by atoms with E-state index in [1.807, 2.05) is 0 Å². The third-order valence-electron chi connectivity index (χ3n) is 8.46. The quantitative estimate of drug-likeness (QED) is 0.0201. The lowest BCUT2D eigenvalue weighted by Crippen LogP contribution is -2.11. The molecule has 0 saturated heterocycles. The summed E-state index contributed by atoms with van der Waals surface area (Å²) in [7, 11) is -4.52. The Labute approximate surface area is 366 Å². The van der Waals surface area contributed by atoms with Crippen LogP contribution in [0.2, 0.25) is 0 Å². The van der Waals surface area contributed by atoms with Gasteiger partial charge in [0.15, 0.2) is 0 Å². The Hall–Kier alpha value is -1.14. The summed E-state index contributed by atoms with van der Waals surface area (Å²) in [5.74, 6) is -0.412. The van der Waals surface area contributed by atoms with Gasteiger partial charge < -0.3 is 28.7 Å². The van der Waals surface area contributed by atoms with Gasteiger partial charge in [-0.25, -0.2) is 4.57 Å². The number of carbonyl (C=O) groups excluding carboxylic acids is 4. The molecule has 346 valence electrons. The summed E-state index contributed by atoms with van der Waals surface area (Å²) >= 11 is 15.3. The molecule has 0 unspecified atom stereocenters. The van der Waals surface area contributed by atoms with E-state index in [0.29, 0.717) is 65.0 Å². The van der Waals surface area contributed by atoms with Crippen molar-refractivity contribution in [3.8, 4) is 0 Å². The molecular weight excluding hydrogens is 834 g/mol. The fourth-order valence-electron chi connectivity index (χ4n) is 5.03. The number of phosphoric ester groups is 1. The standard InChI is InChI=1S/C22H42O4.C18H34O4.C2H4Cl3O4P/c1-3-5-7-9-11-15-19-25-21(23)17-13-14-18-22(24)26-20-16-12-10-8-6-4-2;1-3-5-15-21-17(19)13-11-9-7-8-10-12-14-18(20)22-16-6-4-2;3-2(4,5)1-9-10(6,7)8/h3-20H2,1-2H3;3-16H2,1-2H3;1H2,(H2,6,7,8). The maximum atomic E-state index is 11.6. The van der Waals surface area contributed by atoms with Gasteiger partial charge in [0.2, 0.25) is 3.79 Å². The third kappa shape index (κ3) is 59.2. The van der Waals surface area contributed by atoms with Crippen LogP contribution in [0.3, 0.4) is 0 Å². The molecule has 0 aliphatic rings. The number of hydrogen-bond acceptors (Lipinski definition) is 10. The molecule has 0 fully saturated rings. The van der Waals surface area contributed by atoms with Gasteiger partial charge in [-0.15, -0.1) is 0 Å². The Morgan fingerprint density at radius 1 is 0.414 bits per heavy atom. The van der Waals surface area contributed by atoms with E-state index >= 15 is 0 Å². The molecule has 0 spiro atoms. The number of rotatable bonds is 36. The monoisotopic (exact) mass is 912 g/mol. The van der Waals surface area contributed by atoms with Crippen LogP contribution >= 0.6 is 42.6 Å². The number of phosphoric acid groups is 1. The molecule has 0 radical (unpaired) electrons. The zero-order chi connectivity index (χ0) is 44.2. The van der Waals surface area contributed by atoms with Crippen molar-refractivity contribution in [1.29, 1.82) is 0 Å². The fourth-order valence-corrected chi connectivity index (χ4v) is 5.78. The minimum atomic E-state index is -4.52. The number of esters is 4. The predicted octanol–water partition coefficient (Wildman–Crippen LogP) is 12.6. The van der Waals surface area contributed by atoms with Crippen LogP contribution in [0, 0.1) is 0 Å². The second kappa shape index (κ2) is 45.4. The van der Waals surface area contributed by atoms with Gasteiger partial charge in [0, 0.05) is 25.7 Å². The first-order valence-electron chi connectivity index (χ1n) is 22.0. The molecule has 58 heavy (non-hydrogen) atoms. The van der Waals surface area contributed by atoms with E-state index in [0.717, 1.165) is 89.9 Å². The summed E-state index contributed by atoms with van der Waals surface area (Å²) in [6.07, 6.45) is 27.7. The van der Waals surface area contributed by atoms with Crippen LogP contribution in [0.15, 0.2) is 0 Å². The summed E-state index contributed by atoms with van der Waals surface area (Å²) in [6.45, 7) is 10.1. The Balaban J connectivity index is -0.000000854. The van der Waals surface area contributed by atoms with Gasteiger partial charge in [-0.2, -0.15) is 0 Å². The van der Waals surface area contributed by atoms with E-state index < -0.39 is 18.2 Å². The van der Waals surface area contributed by atoms with Crippen molar-refractivity contribution >= 4 is 66.5 Å². The number of carbonyl (C=O) groups is 4. The van der Waals surface area contributed by atoms with E-state index in [1.54, 1.807) is 0 Å². The van der Waals surface area contributed by atoms with Crippen LogP contribution < -0.4 is 0 Å². The van der Waals surface area contributed by atoms with E-state index in [1.165, 1.54) is 51.4 Å². The highest BCUT2D eigenvalue weighted by atomic mass is 35.6. The van der Waals surface area contributed by atoms with Crippen LogP contribution in [0.1, 0.15) is 207 Å². The molecule has 16 heteroatoms.